The van der Waals surface area contributed by atoms with Crippen LogP contribution in [-0.2, 0) is 6.42 Å². The standard InChI is InChI=1S/C15H26N2O2/c1-2-17(10-3-12-18)11-13-19-15-6-4-14(5-7-15)8-9-16/h4-7,18H,2-3,8-13,16H2,1H3. The van der Waals surface area contributed by atoms with E-state index in [0.29, 0.717) is 13.2 Å². The summed E-state index contributed by atoms with van der Waals surface area (Å²) in [6.07, 6.45) is 1.73. The van der Waals surface area contributed by atoms with E-state index in [9.17, 15) is 0 Å². The fourth-order valence-electron chi connectivity index (χ4n) is 1.93. The van der Waals surface area contributed by atoms with Crippen molar-refractivity contribution in [2.45, 2.75) is 19.8 Å². The van der Waals surface area contributed by atoms with Crippen LogP contribution < -0.4 is 10.5 Å². The number of aliphatic hydroxyl groups is 1. The van der Waals surface area contributed by atoms with Gasteiger partial charge in [0.25, 0.3) is 0 Å². The third kappa shape index (κ3) is 6.57. The number of aliphatic hydroxyl groups excluding tert-OH is 1. The maximum atomic E-state index is 8.82. The van der Waals surface area contributed by atoms with Crippen LogP contribution in [0.1, 0.15) is 18.9 Å². The van der Waals surface area contributed by atoms with Gasteiger partial charge in [0, 0.05) is 19.7 Å². The highest BCUT2D eigenvalue weighted by molar-refractivity contribution is 5.27. The molecule has 0 amide bonds. The normalized spacial score (nSPS) is 10.9. The van der Waals surface area contributed by atoms with Crippen molar-refractivity contribution in [1.29, 1.82) is 0 Å². The van der Waals surface area contributed by atoms with Gasteiger partial charge in [0.1, 0.15) is 12.4 Å². The smallest absolute Gasteiger partial charge is 0.119 e. The van der Waals surface area contributed by atoms with Crippen LogP contribution in [0.25, 0.3) is 0 Å². The molecule has 108 valence electrons. The van der Waals surface area contributed by atoms with Crippen LogP contribution in [0.15, 0.2) is 24.3 Å². The Labute approximate surface area is 116 Å². The van der Waals surface area contributed by atoms with Crippen molar-refractivity contribution in [3.8, 4) is 5.75 Å². The van der Waals surface area contributed by atoms with Crippen LogP contribution >= 0.6 is 0 Å². The summed E-state index contributed by atoms with van der Waals surface area (Å²) >= 11 is 0. The van der Waals surface area contributed by atoms with Gasteiger partial charge in [-0.1, -0.05) is 19.1 Å². The molecule has 0 heterocycles. The van der Waals surface area contributed by atoms with E-state index in [-0.39, 0.29) is 6.61 Å². The Morgan fingerprint density at radius 3 is 2.53 bits per heavy atom. The highest BCUT2D eigenvalue weighted by Gasteiger charge is 2.02. The third-order valence-corrected chi connectivity index (χ3v) is 3.11. The lowest BCUT2D eigenvalue weighted by Gasteiger charge is -2.19. The zero-order valence-corrected chi connectivity index (χ0v) is 11.8. The number of ether oxygens (including phenoxy) is 1. The lowest BCUT2D eigenvalue weighted by atomic mass is 10.1. The molecule has 0 aromatic heterocycles. The highest BCUT2D eigenvalue weighted by atomic mass is 16.5. The van der Waals surface area contributed by atoms with Gasteiger partial charge >= 0.3 is 0 Å². The van der Waals surface area contributed by atoms with E-state index in [4.69, 9.17) is 15.6 Å². The van der Waals surface area contributed by atoms with Gasteiger partial charge in [-0.2, -0.15) is 0 Å². The summed E-state index contributed by atoms with van der Waals surface area (Å²) in [5.41, 5.74) is 6.76. The number of hydrogen-bond acceptors (Lipinski definition) is 4. The highest BCUT2D eigenvalue weighted by Crippen LogP contribution is 2.12. The summed E-state index contributed by atoms with van der Waals surface area (Å²) in [5.74, 6) is 0.902. The van der Waals surface area contributed by atoms with E-state index in [1.165, 1.54) is 5.56 Å². The molecule has 3 N–H and O–H groups in total. The van der Waals surface area contributed by atoms with E-state index >= 15 is 0 Å². The molecule has 0 saturated carbocycles. The molecule has 1 aromatic carbocycles. The van der Waals surface area contributed by atoms with Crippen molar-refractivity contribution in [2.75, 3.05) is 39.4 Å². The topological polar surface area (TPSA) is 58.7 Å². The van der Waals surface area contributed by atoms with Crippen molar-refractivity contribution in [2.24, 2.45) is 5.73 Å². The minimum Gasteiger partial charge on any atom is -0.492 e. The second-order valence-electron chi connectivity index (χ2n) is 4.54. The van der Waals surface area contributed by atoms with Crippen LogP contribution in [0.3, 0.4) is 0 Å². The van der Waals surface area contributed by atoms with Gasteiger partial charge in [0.2, 0.25) is 0 Å². The molecule has 4 nitrogen and oxygen atoms in total. The lowest BCUT2D eigenvalue weighted by molar-refractivity contribution is 0.195. The molecule has 0 unspecified atom stereocenters. The molecule has 0 atom stereocenters. The van der Waals surface area contributed by atoms with E-state index in [1.54, 1.807) is 0 Å². The fourth-order valence-corrected chi connectivity index (χ4v) is 1.93. The number of likely N-dealkylation sites (N-methyl/N-ethyl adjacent to an activating group) is 1. The first-order valence-electron chi connectivity index (χ1n) is 7.05. The van der Waals surface area contributed by atoms with Gasteiger partial charge < -0.3 is 20.5 Å². The van der Waals surface area contributed by atoms with Gasteiger partial charge in [-0.3, -0.25) is 0 Å². The fraction of sp³-hybridized carbons (Fsp3) is 0.600. The summed E-state index contributed by atoms with van der Waals surface area (Å²) in [6, 6.07) is 8.11. The Hall–Kier alpha value is -1.10. The molecule has 0 aliphatic rings. The first kappa shape index (κ1) is 16.0. The zero-order valence-electron chi connectivity index (χ0n) is 11.8. The SMILES string of the molecule is CCN(CCCO)CCOc1ccc(CCN)cc1. The molecule has 4 heteroatoms. The van der Waals surface area contributed by atoms with Gasteiger partial charge in [-0.25, -0.2) is 0 Å². The number of benzene rings is 1. The molecule has 0 aliphatic carbocycles. The molecular formula is C15H26N2O2. The van der Waals surface area contributed by atoms with Crippen LogP contribution in [0.4, 0.5) is 0 Å². The Bertz CT molecular complexity index is 327. The molecule has 0 fully saturated rings. The van der Waals surface area contributed by atoms with Crippen LogP contribution in [-0.4, -0.2) is 49.4 Å². The van der Waals surface area contributed by atoms with Gasteiger partial charge in [-0.15, -0.1) is 0 Å². The van der Waals surface area contributed by atoms with E-state index in [0.717, 1.165) is 38.2 Å². The maximum absolute atomic E-state index is 8.82. The molecular weight excluding hydrogens is 240 g/mol. The first-order valence-corrected chi connectivity index (χ1v) is 7.05. The summed E-state index contributed by atoms with van der Waals surface area (Å²) in [7, 11) is 0. The maximum Gasteiger partial charge on any atom is 0.119 e. The van der Waals surface area contributed by atoms with Crippen molar-refractivity contribution in [3.63, 3.8) is 0 Å². The summed E-state index contributed by atoms with van der Waals surface area (Å²) < 4.78 is 5.72. The largest absolute Gasteiger partial charge is 0.492 e. The molecule has 0 aliphatic heterocycles. The van der Waals surface area contributed by atoms with Gasteiger partial charge in [0.15, 0.2) is 0 Å². The van der Waals surface area contributed by atoms with Gasteiger partial charge in [-0.05, 0) is 43.6 Å². The molecule has 1 rings (SSSR count). The second kappa shape index (κ2) is 9.78. The predicted molar refractivity (Wildman–Crippen MR) is 78.5 cm³/mol. The molecule has 0 spiro atoms. The van der Waals surface area contributed by atoms with Gasteiger partial charge in [0.05, 0.1) is 0 Å². The Balaban J connectivity index is 2.27. The Morgan fingerprint density at radius 2 is 1.95 bits per heavy atom. The number of hydrogen-bond donors (Lipinski definition) is 2. The summed E-state index contributed by atoms with van der Waals surface area (Å²) in [6.45, 7) is 6.52. The average molecular weight is 266 g/mol. The minimum absolute atomic E-state index is 0.250. The Kier molecular flexibility index (Phi) is 8.21. The number of nitrogens with zero attached hydrogens (tertiary/aromatic N) is 1. The van der Waals surface area contributed by atoms with Crippen molar-refractivity contribution in [3.05, 3.63) is 29.8 Å². The van der Waals surface area contributed by atoms with E-state index in [2.05, 4.69) is 24.0 Å². The van der Waals surface area contributed by atoms with E-state index < -0.39 is 0 Å². The van der Waals surface area contributed by atoms with Crippen LogP contribution in [0.2, 0.25) is 0 Å². The van der Waals surface area contributed by atoms with Crippen LogP contribution in [0.5, 0.6) is 5.75 Å². The number of rotatable bonds is 10. The van der Waals surface area contributed by atoms with Crippen LogP contribution in [0, 0.1) is 0 Å². The average Bonchev–Trinajstić information content (AvgIpc) is 2.44. The first-order chi connectivity index (χ1) is 9.30. The van der Waals surface area contributed by atoms with Crippen molar-refractivity contribution < 1.29 is 9.84 Å². The molecule has 0 radical (unpaired) electrons. The Morgan fingerprint density at radius 1 is 1.21 bits per heavy atom. The quantitative estimate of drug-likeness (QED) is 0.669. The lowest BCUT2D eigenvalue weighted by Crippen LogP contribution is -2.29. The third-order valence-electron chi connectivity index (χ3n) is 3.11. The predicted octanol–water partition coefficient (Wildman–Crippen LogP) is 1.27. The molecule has 0 bridgehead atoms. The molecule has 0 saturated heterocycles. The van der Waals surface area contributed by atoms with Crippen molar-refractivity contribution in [1.82, 2.24) is 4.90 Å². The van der Waals surface area contributed by atoms with E-state index in [1.807, 2.05) is 12.1 Å². The molecule has 19 heavy (non-hydrogen) atoms. The monoisotopic (exact) mass is 266 g/mol. The summed E-state index contributed by atoms with van der Waals surface area (Å²) in [5, 5.41) is 8.82. The zero-order chi connectivity index (χ0) is 13.9. The summed E-state index contributed by atoms with van der Waals surface area (Å²) in [4.78, 5) is 2.28. The minimum atomic E-state index is 0.250. The molecule has 1 aromatic rings. The second-order valence-corrected chi connectivity index (χ2v) is 4.54. The number of nitrogens with two attached hydrogens (primary N) is 1. The van der Waals surface area contributed by atoms with Crippen molar-refractivity contribution >= 4 is 0 Å².